The van der Waals surface area contributed by atoms with E-state index < -0.39 is 0 Å². The Morgan fingerprint density at radius 1 is 1.24 bits per heavy atom. The Bertz CT molecular complexity index is 400. The molecule has 1 fully saturated rings. The fourth-order valence-corrected chi connectivity index (χ4v) is 1.98. The van der Waals surface area contributed by atoms with Gasteiger partial charge >= 0.3 is 0 Å². The summed E-state index contributed by atoms with van der Waals surface area (Å²) in [6, 6.07) is 6.26. The molecule has 0 radical (unpaired) electrons. The van der Waals surface area contributed by atoms with E-state index in [1.807, 2.05) is 26.0 Å². The quantitative estimate of drug-likeness (QED) is 0.754. The van der Waals surface area contributed by atoms with Crippen molar-refractivity contribution in [3.63, 3.8) is 0 Å². The summed E-state index contributed by atoms with van der Waals surface area (Å²) in [5, 5.41) is 17.1. The third kappa shape index (κ3) is 2.71. The van der Waals surface area contributed by atoms with Crippen LogP contribution in [0.2, 0.25) is 0 Å². The fraction of sp³-hybridized carbons (Fsp3) is 0.583. The molecule has 5 heteroatoms. The SMILES string of the molecule is Cc1ccc(N2CCN(C(C)C#N)CC2)nn1. The first-order valence-corrected chi connectivity index (χ1v) is 5.89. The van der Waals surface area contributed by atoms with Crippen LogP contribution in [0.4, 0.5) is 5.82 Å². The number of rotatable bonds is 2. The minimum atomic E-state index is 0.00116. The molecule has 2 rings (SSSR count). The second-order valence-corrected chi connectivity index (χ2v) is 4.36. The van der Waals surface area contributed by atoms with Gasteiger partial charge in [-0.15, -0.1) is 5.10 Å². The van der Waals surface area contributed by atoms with Crippen LogP contribution >= 0.6 is 0 Å². The maximum Gasteiger partial charge on any atom is 0.151 e. The average Bonchev–Trinajstić information content (AvgIpc) is 2.39. The van der Waals surface area contributed by atoms with E-state index in [1.165, 1.54) is 0 Å². The average molecular weight is 231 g/mol. The number of piperazine rings is 1. The molecule has 0 amide bonds. The summed E-state index contributed by atoms with van der Waals surface area (Å²) in [7, 11) is 0. The highest BCUT2D eigenvalue weighted by molar-refractivity contribution is 5.37. The lowest BCUT2D eigenvalue weighted by molar-refractivity contribution is 0.231. The molecule has 1 aliphatic heterocycles. The molecule has 90 valence electrons. The lowest BCUT2D eigenvalue weighted by atomic mass is 10.2. The highest BCUT2D eigenvalue weighted by Gasteiger charge is 2.21. The van der Waals surface area contributed by atoms with Gasteiger partial charge in [-0.05, 0) is 26.0 Å². The zero-order chi connectivity index (χ0) is 12.3. The Kier molecular flexibility index (Phi) is 3.55. The van der Waals surface area contributed by atoms with Crippen molar-refractivity contribution in [3.8, 4) is 6.07 Å². The van der Waals surface area contributed by atoms with Crippen molar-refractivity contribution in [3.05, 3.63) is 17.8 Å². The smallest absolute Gasteiger partial charge is 0.151 e. The number of nitrogens with zero attached hydrogens (tertiary/aromatic N) is 5. The van der Waals surface area contributed by atoms with Crippen molar-refractivity contribution in [2.24, 2.45) is 0 Å². The molecule has 1 aromatic heterocycles. The van der Waals surface area contributed by atoms with Gasteiger partial charge in [0, 0.05) is 26.2 Å². The van der Waals surface area contributed by atoms with E-state index in [2.05, 4.69) is 26.1 Å². The molecule has 0 N–H and O–H groups in total. The van der Waals surface area contributed by atoms with Crippen LogP contribution in [0.25, 0.3) is 0 Å². The van der Waals surface area contributed by atoms with E-state index in [0.717, 1.165) is 37.7 Å². The zero-order valence-electron chi connectivity index (χ0n) is 10.3. The predicted molar refractivity (Wildman–Crippen MR) is 65.6 cm³/mol. The maximum atomic E-state index is 8.87. The normalized spacial score (nSPS) is 18.8. The van der Waals surface area contributed by atoms with Gasteiger partial charge in [0.25, 0.3) is 0 Å². The van der Waals surface area contributed by atoms with Crippen LogP contribution in [0.15, 0.2) is 12.1 Å². The number of aromatic nitrogens is 2. The van der Waals surface area contributed by atoms with Gasteiger partial charge in [0.05, 0.1) is 17.8 Å². The first-order valence-electron chi connectivity index (χ1n) is 5.89. The minimum absolute atomic E-state index is 0.00116. The fourth-order valence-electron chi connectivity index (χ4n) is 1.98. The molecule has 0 aliphatic carbocycles. The summed E-state index contributed by atoms with van der Waals surface area (Å²) >= 11 is 0. The molecule has 0 spiro atoms. The summed E-state index contributed by atoms with van der Waals surface area (Å²) in [5.74, 6) is 0.930. The Labute approximate surface area is 102 Å². The molecule has 0 bridgehead atoms. The Morgan fingerprint density at radius 2 is 1.94 bits per heavy atom. The monoisotopic (exact) mass is 231 g/mol. The first kappa shape index (κ1) is 11.8. The van der Waals surface area contributed by atoms with Gasteiger partial charge in [0.2, 0.25) is 0 Å². The van der Waals surface area contributed by atoms with Crippen LogP contribution < -0.4 is 4.90 Å². The lowest BCUT2D eigenvalue weighted by Gasteiger charge is -2.36. The number of hydrogen-bond donors (Lipinski definition) is 0. The Balaban J connectivity index is 1.95. The number of anilines is 1. The summed E-state index contributed by atoms with van der Waals surface area (Å²) < 4.78 is 0. The second-order valence-electron chi connectivity index (χ2n) is 4.36. The molecule has 1 atom stereocenters. The van der Waals surface area contributed by atoms with Gasteiger partial charge in [-0.2, -0.15) is 10.4 Å². The molecule has 17 heavy (non-hydrogen) atoms. The van der Waals surface area contributed by atoms with Crippen molar-refractivity contribution in [1.82, 2.24) is 15.1 Å². The molecule has 5 nitrogen and oxygen atoms in total. The van der Waals surface area contributed by atoms with Gasteiger partial charge in [-0.1, -0.05) is 0 Å². The van der Waals surface area contributed by atoms with Gasteiger partial charge < -0.3 is 4.90 Å². The van der Waals surface area contributed by atoms with E-state index >= 15 is 0 Å². The maximum absolute atomic E-state index is 8.87. The van der Waals surface area contributed by atoms with Gasteiger partial charge in [0.1, 0.15) is 0 Å². The topological polar surface area (TPSA) is 56.0 Å². The predicted octanol–water partition coefficient (Wildman–Crippen LogP) is 0.819. The van der Waals surface area contributed by atoms with Crippen LogP contribution in [0, 0.1) is 18.3 Å². The van der Waals surface area contributed by atoms with Crippen LogP contribution in [-0.2, 0) is 0 Å². The van der Waals surface area contributed by atoms with E-state index in [9.17, 15) is 0 Å². The number of aryl methyl sites for hydroxylation is 1. The zero-order valence-corrected chi connectivity index (χ0v) is 10.3. The molecule has 0 saturated carbocycles. The minimum Gasteiger partial charge on any atom is -0.353 e. The van der Waals surface area contributed by atoms with Gasteiger partial charge in [-0.25, -0.2) is 0 Å². The molecule has 1 aliphatic rings. The van der Waals surface area contributed by atoms with Gasteiger partial charge in [0.15, 0.2) is 5.82 Å². The van der Waals surface area contributed by atoms with Crippen molar-refractivity contribution >= 4 is 5.82 Å². The highest BCUT2D eigenvalue weighted by Crippen LogP contribution is 2.13. The van der Waals surface area contributed by atoms with Crippen molar-refractivity contribution in [1.29, 1.82) is 5.26 Å². The number of hydrogen-bond acceptors (Lipinski definition) is 5. The molecule has 0 aromatic carbocycles. The van der Waals surface area contributed by atoms with Gasteiger partial charge in [-0.3, -0.25) is 4.90 Å². The Hall–Kier alpha value is -1.67. The van der Waals surface area contributed by atoms with Crippen LogP contribution in [0.5, 0.6) is 0 Å². The Morgan fingerprint density at radius 3 is 2.47 bits per heavy atom. The molecule has 2 heterocycles. The molecule has 1 aromatic rings. The molecular formula is C12H17N5. The summed E-state index contributed by atoms with van der Waals surface area (Å²) in [5.41, 5.74) is 0.936. The largest absolute Gasteiger partial charge is 0.353 e. The third-order valence-electron chi connectivity index (χ3n) is 3.16. The van der Waals surface area contributed by atoms with Crippen LogP contribution in [-0.4, -0.2) is 47.3 Å². The van der Waals surface area contributed by atoms with E-state index in [1.54, 1.807) is 0 Å². The van der Waals surface area contributed by atoms with Crippen molar-refractivity contribution in [2.75, 3.05) is 31.1 Å². The van der Waals surface area contributed by atoms with Crippen LogP contribution in [0.3, 0.4) is 0 Å². The molecular weight excluding hydrogens is 214 g/mol. The summed E-state index contributed by atoms with van der Waals surface area (Å²) in [6.07, 6.45) is 0. The van der Waals surface area contributed by atoms with E-state index in [0.29, 0.717) is 0 Å². The van der Waals surface area contributed by atoms with E-state index in [4.69, 9.17) is 5.26 Å². The summed E-state index contributed by atoms with van der Waals surface area (Å²) in [6.45, 7) is 7.51. The van der Waals surface area contributed by atoms with Crippen LogP contribution in [0.1, 0.15) is 12.6 Å². The van der Waals surface area contributed by atoms with E-state index in [-0.39, 0.29) is 6.04 Å². The third-order valence-corrected chi connectivity index (χ3v) is 3.16. The number of nitriles is 1. The van der Waals surface area contributed by atoms with Crippen molar-refractivity contribution in [2.45, 2.75) is 19.9 Å². The first-order chi connectivity index (χ1) is 8.20. The second kappa shape index (κ2) is 5.11. The lowest BCUT2D eigenvalue weighted by Crippen LogP contribution is -2.49. The molecule has 1 unspecified atom stereocenters. The molecule has 1 saturated heterocycles. The highest BCUT2D eigenvalue weighted by atomic mass is 15.3. The summed E-state index contributed by atoms with van der Waals surface area (Å²) in [4.78, 5) is 4.41. The standard InChI is InChI=1S/C12H17N5/c1-10-3-4-12(15-14-10)17-7-5-16(6-8-17)11(2)9-13/h3-4,11H,5-8H2,1-2H3. The van der Waals surface area contributed by atoms with Crippen molar-refractivity contribution < 1.29 is 0 Å².